The molecule has 5 heteroatoms. The monoisotopic (exact) mass is 343 g/mol. The average Bonchev–Trinajstić information content (AvgIpc) is 2.59. The zero-order valence-electron chi connectivity index (χ0n) is 13.2. The maximum Gasteiger partial charge on any atom is 0.303 e. The quantitative estimate of drug-likeness (QED) is 0.748. The van der Waals surface area contributed by atoms with E-state index in [-0.39, 0.29) is 18.8 Å². The van der Waals surface area contributed by atoms with Crippen molar-refractivity contribution in [2.45, 2.75) is 12.8 Å². The van der Waals surface area contributed by atoms with E-state index in [1.165, 1.54) is 0 Å². The summed E-state index contributed by atoms with van der Waals surface area (Å²) in [6, 6.07) is 17.5. The van der Waals surface area contributed by atoms with Gasteiger partial charge >= 0.3 is 5.97 Å². The van der Waals surface area contributed by atoms with E-state index >= 15 is 0 Å². The summed E-state index contributed by atoms with van der Waals surface area (Å²) in [6.45, 7) is 0. The smallest absolute Gasteiger partial charge is 0.303 e. The SMILES string of the molecule is COc1ccc(-c2cc(CCC(=O)O)c3ccccc3n2)cc1.Cl. The lowest BCUT2D eigenvalue weighted by Gasteiger charge is -2.10. The number of ether oxygens (including phenoxy) is 1. The van der Waals surface area contributed by atoms with E-state index < -0.39 is 5.97 Å². The Hall–Kier alpha value is -2.59. The molecule has 0 aliphatic carbocycles. The molecule has 0 saturated carbocycles. The number of nitrogens with zero attached hydrogens (tertiary/aromatic N) is 1. The van der Waals surface area contributed by atoms with E-state index in [1.54, 1.807) is 7.11 Å². The third-order valence-corrected chi connectivity index (χ3v) is 3.80. The number of hydrogen-bond donors (Lipinski definition) is 1. The van der Waals surface area contributed by atoms with E-state index in [2.05, 4.69) is 0 Å². The number of aromatic nitrogens is 1. The summed E-state index contributed by atoms with van der Waals surface area (Å²) in [5, 5.41) is 9.97. The second-order valence-corrected chi connectivity index (χ2v) is 5.31. The van der Waals surface area contributed by atoms with Crippen molar-refractivity contribution in [2.24, 2.45) is 0 Å². The number of fused-ring (bicyclic) bond motifs is 1. The predicted octanol–water partition coefficient (Wildman–Crippen LogP) is 4.35. The number of methoxy groups -OCH3 is 1. The molecule has 0 bridgehead atoms. The Morgan fingerprint density at radius 3 is 2.50 bits per heavy atom. The van der Waals surface area contributed by atoms with Crippen molar-refractivity contribution < 1.29 is 14.6 Å². The lowest BCUT2D eigenvalue weighted by atomic mass is 10.0. The summed E-state index contributed by atoms with van der Waals surface area (Å²) in [5.41, 5.74) is 3.70. The normalized spacial score (nSPS) is 10.2. The van der Waals surface area contributed by atoms with Crippen molar-refractivity contribution in [1.29, 1.82) is 0 Å². The molecule has 3 aromatic rings. The van der Waals surface area contributed by atoms with Gasteiger partial charge in [0.1, 0.15) is 5.75 Å². The molecule has 0 fully saturated rings. The number of carboxylic acid groups (broad SMARTS) is 1. The second-order valence-electron chi connectivity index (χ2n) is 5.31. The number of aliphatic carboxylic acids is 1. The number of halogens is 1. The molecule has 4 nitrogen and oxygen atoms in total. The molecule has 24 heavy (non-hydrogen) atoms. The Morgan fingerprint density at radius 1 is 1.12 bits per heavy atom. The lowest BCUT2D eigenvalue weighted by Crippen LogP contribution is -1.99. The third kappa shape index (κ3) is 3.84. The number of hydrogen-bond acceptors (Lipinski definition) is 3. The Balaban J connectivity index is 0.00000208. The fourth-order valence-electron chi connectivity index (χ4n) is 2.61. The van der Waals surface area contributed by atoms with Crippen molar-refractivity contribution in [3.05, 3.63) is 60.2 Å². The molecular weight excluding hydrogens is 326 g/mol. The van der Waals surface area contributed by atoms with Crippen molar-refractivity contribution in [3.63, 3.8) is 0 Å². The number of carboxylic acids is 1. The van der Waals surface area contributed by atoms with Gasteiger partial charge in [0, 0.05) is 17.4 Å². The lowest BCUT2D eigenvalue weighted by molar-refractivity contribution is -0.136. The average molecular weight is 344 g/mol. The minimum atomic E-state index is -0.795. The van der Waals surface area contributed by atoms with Crippen LogP contribution in [0.3, 0.4) is 0 Å². The molecule has 124 valence electrons. The first-order valence-corrected chi connectivity index (χ1v) is 7.42. The number of para-hydroxylation sites is 1. The fraction of sp³-hybridized carbons (Fsp3) is 0.158. The molecule has 1 N–H and O–H groups in total. The van der Waals surface area contributed by atoms with Gasteiger partial charge in [0.25, 0.3) is 0 Å². The van der Waals surface area contributed by atoms with Gasteiger partial charge in [-0.3, -0.25) is 4.79 Å². The largest absolute Gasteiger partial charge is 0.497 e. The highest BCUT2D eigenvalue weighted by molar-refractivity contribution is 5.86. The Morgan fingerprint density at radius 2 is 1.83 bits per heavy atom. The summed E-state index contributed by atoms with van der Waals surface area (Å²) < 4.78 is 5.18. The molecule has 3 rings (SSSR count). The molecule has 0 aliphatic heterocycles. The molecule has 0 aliphatic rings. The predicted molar refractivity (Wildman–Crippen MR) is 96.9 cm³/mol. The van der Waals surface area contributed by atoms with Crippen LogP contribution in [0.1, 0.15) is 12.0 Å². The topological polar surface area (TPSA) is 59.4 Å². The van der Waals surface area contributed by atoms with Gasteiger partial charge in [-0.25, -0.2) is 4.98 Å². The summed E-state index contributed by atoms with van der Waals surface area (Å²) in [4.78, 5) is 15.6. The molecular formula is C19H18ClNO3. The van der Waals surface area contributed by atoms with Gasteiger partial charge in [0.05, 0.1) is 18.3 Å². The molecule has 1 heterocycles. The van der Waals surface area contributed by atoms with E-state index in [4.69, 9.17) is 14.8 Å². The first kappa shape index (κ1) is 17.8. The van der Waals surface area contributed by atoms with Gasteiger partial charge in [-0.1, -0.05) is 18.2 Å². The van der Waals surface area contributed by atoms with Crippen LogP contribution in [0.5, 0.6) is 5.75 Å². The zero-order chi connectivity index (χ0) is 16.2. The number of rotatable bonds is 5. The zero-order valence-corrected chi connectivity index (χ0v) is 14.0. The first-order valence-electron chi connectivity index (χ1n) is 7.42. The Bertz CT molecular complexity index is 847. The van der Waals surface area contributed by atoms with Gasteiger partial charge < -0.3 is 9.84 Å². The molecule has 1 aromatic heterocycles. The maximum absolute atomic E-state index is 10.9. The van der Waals surface area contributed by atoms with Crippen molar-refractivity contribution >= 4 is 29.3 Å². The van der Waals surface area contributed by atoms with E-state index in [1.807, 2.05) is 54.6 Å². The van der Waals surface area contributed by atoms with Crippen LogP contribution in [0.4, 0.5) is 0 Å². The van der Waals surface area contributed by atoms with Crippen LogP contribution in [0.2, 0.25) is 0 Å². The van der Waals surface area contributed by atoms with E-state index in [0.29, 0.717) is 6.42 Å². The molecule has 0 amide bonds. The van der Waals surface area contributed by atoms with Gasteiger partial charge in [0.15, 0.2) is 0 Å². The van der Waals surface area contributed by atoms with Gasteiger partial charge in [0.2, 0.25) is 0 Å². The highest BCUT2D eigenvalue weighted by Crippen LogP contribution is 2.27. The molecule has 0 saturated heterocycles. The summed E-state index contributed by atoms with van der Waals surface area (Å²) >= 11 is 0. The maximum atomic E-state index is 10.9. The summed E-state index contributed by atoms with van der Waals surface area (Å²) in [7, 11) is 1.63. The molecule has 0 atom stereocenters. The number of benzene rings is 2. The van der Waals surface area contributed by atoms with Crippen LogP contribution in [-0.4, -0.2) is 23.2 Å². The third-order valence-electron chi connectivity index (χ3n) is 3.80. The van der Waals surface area contributed by atoms with Crippen LogP contribution in [0, 0.1) is 0 Å². The standard InChI is InChI=1S/C19H17NO3.ClH/c1-23-15-9-6-13(7-10-15)18-12-14(8-11-19(21)22)16-4-2-3-5-17(16)20-18;/h2-7,9-10,12H,8,11H2,1H3,(H,21,22);1H. The summed E-state index contributed by atoms with van der Waals surface area (Å²) in [6.07, 6.45) is 0.595. The van der Waals surface area contributed by atoms with Crippen LogP contribution in [0.15, 0.2) is 54.6 Å². The van der Waals surface area contributed by atoms with E-state index in [0.717, 1.165) is 33.5 Å². The molecule has 0 spiro atoms. The number of aryl methyl sites for hydroxylation is 1. The Kier molecular flexibility index (Phi) is 5.77. The minimum Gasteiger partial charge on any atom is -0.497 e. The van der Waals surface area contributed by atoms with Crippen LogP contribution in [-0.2, 0) is 11.2 Å². The summed E-state index contributed by atoms with van der Waals surface area (Å²) in [5.74, 6) is -0.00229. The second kappa shape index (κ2) is 7.79. The minimum absolute atomic E-state index is 0. The van der Waals surface area contributed by atoms with Crippen molar-refractivity contribution in [1.82, 2.24) is 4.98 Å². The van der Waals surface area contributed by atoms with Gasteiger partial charge in [-0.05, 0) is 48.4 Å². The molecule has 0 unspecified atom stereocenters. The number of pyridine rings is 1. The Labute approximate surface area is 146 Å². The van der Waals surface area contributed by atoms with Gasteiger partial charge in [-0.2, -0.15) is 0 Å². The number of carbonyl (C=O) groups is 1. The van der Waals surface area contributed by atoms with Gasteiger partial charge in [-0.15, -0.1) is 12.4 Å². The van der Waals surface area contributed by atoms with Crippen LogP contribution in [0.25, 0.3) is 22.2 Å². The fourth-order valence-corrected chi connectivity index (χ4v) is 2.61. The molecule has 0 radical (unpaired) electrons. The van der Waals surface area contributed by atoms with Crippen LogP contribution < -0.4 is 4.74 Å². The van der Waals surface area contributed by atoms with Crippen molar-refractivity contribution in [2.75, 3.05) is 7.11 Å². The highest BCUT2D eigenvalue weighted by atomic mass is 35.5. The first-order chi connectivity index (χ1) is 11.2. The molecule has 2 aromatic carbocycles. The van der Waals surface area contributed by atoms with E-state index in [9.17, 15) is 4.79 Å². The van der Waals surface area contributed by atoms with Crippen molar-refractivity contribution in [3.8, 4) is 17.0 Å². The van der Waals surface area contributed by atoms with Crippen LogP contribution >= 0.6 is 12.4 Å². The highest BCUT2D eigenvalue weighted by Gasteiger charge is 2.09.